The summed E-state index contributed by atoms with van der Waals surface area (Å²) in [6.45, 7) is 0. The predicted molar refractivity (Wildman–Crippen MR) is 105 cm³/mol. The van der Waals surface area contributed by atoms with Crippen LogP contribution in [0.4, 0.5) is 20.2 Å². The van der Waals surface area contributed by atoms with Gasteiger partial charge in [0.25, 0.3) is 5.91 Å². The van der Waals surface area contributed by atoms with Gasteiger partial charge in [-0.15, -0.1) is 11.3 Å². The minimum Gasteiger partial charge on any atom is -0.508 e. The Balaban J connectivity index is 1.71. The SMILES string of the molecule is Nc1c(C(=O)Nc2cc(F)ccc2F)sc2nc(-c3cccc(O)c3)ccc12. The van der Waals surface area contributed by atoms with Crippen LogP contribution in [0.2, 0.25) is 0 Å². The fourth-order valence-corrected chi connectivity index (χ4v) is 3.75. The van der Waals surface area contributed by atoms with Crippen LogP contribution in [-0.2, 0) is 0 Å². The third-order valence-corrected chi connectivity index (χ3v) is 5.23. The molecule has 1 amide bonds. The summed E-state index contributed by atoms with van der Waals surface area (Å²) in [6.07, 6.45) is 0. The molecule has 0 atom stereocenters. The van der Waals surface area contributed by atoms with Crippen molar-refractivity contribution in [3.63, 3.8) is 0 Å². The third-order valence-electron chi connectivity index (χ3n) is 4.12. The molecule has 0 radical (unpaired) electrons. The standard InChI is InChI=1S/C20H13F2N3O2S/c21-11-4-6-14(22)16(9-11)24-19(27)18-17(23)13-5-7-15(25-20(13)28-18)10-2-1-3-12(26)8-10/h1-9,26H,23H2,(H,24,27). The number of phenolic OH excluding ortho intramolecular Hbond substituents is 1. The minimum absolute atomic E-state index is 0.113. The van der Waals surface area contributed by atoms with Crippen molar-refractivity contribution in [2.45, 2.75) is 0 Å². The van der Waals surface area contributed by atoms with Crippen molar-refractivity contribution in [3.05, 3.63) is 71.1 Å². The van der Waals surface area contributed by atoms with E-state index < -0.39 is 17.5 Å². The molecule has 4 aromatic rings. The molecule has 0 aliphatic heterocycles. The Morgan fingerprint density at radius 2 is 1.93 bits per heavy atom. The molecule has 28 heavy (non-hydrogen) atoms. The van der Waals surface area contributed by atoms with Gasteiger partial charge in [-0.2, -0.15) is 0 Å². The van der Waals surface area contributed by atoms with E-state index in [2.05, 4.69) is 10.3 Å². The van der Waals surface area contributed by atoms with E-state index in [1.54, 1.807) is 36.4 Å². The van der Waals surface area contributed by atoms with Crippen LogP contribution in [0.1, 0.15) is 9.67 Å². The van der Waals surface area contributed by atoms with E-state index in [0.29, 0.717) is 21.5 Å². The van der Waals surface area contributed by atoms with Gasteiger partial charge in [0.2, 0.25) is 0 Å². The molecule has 0 aliphatic carbocycles. The number of benzene rings is 2. The monoisotopic (exact) mass is 397 g/mol. The summed E-state index contributed by atoms with van der Waals surface area (Å²) in [5.74, 6) is -1.96. The van der Waals surface area contributed by atoms with Gasteiger partial charge in [-0.25, -0.2) is 13.8 Å². The molecule has 0 bridgehead atoms. The molecule has 2 aromatic heterocycles. The fourth-order valence-electron chi connectivity index (χ4n) is 2.76. The smallest absolute Gasteiger partial charge is 0.268 e. The van der Waals surface area contributed by atoms with Gasteiger partial charge in [-0.3, -0.25) is 4.79 Å². The highest BCUT2D eigenvalue weighted by molar-refractivity contribution is 7.21. The Kier molecular flexibility index (Phi) is 4.40. The Hall–Kier alpha value is -3.52. The van der Waals surface area contributed by atoms with E-state index >= 15 is 0 Å². The predicted octanol–water partition coefficient (Wildman–Crippen LogP) is 4.78. The number of nitrogens with zero attached hydrogens (tertiary/aromatic N) is 1. The van der Waals surface area contributed by atoms with Gasteiger partial charge in [-0.1, -0.05) is 12.1 Å². The number of nitrogen functional groups attached to an aromatic ring is 1. The van der Waals surface area contributed by atoms with Gasteiger partial charge >= 0.3 is 0 Å². The van der Waals surface area contributed by atoms with Crippen molar-refractivity contribution in [2.24, 2.45) is 0 Å². The van der Waals surface area contributed by atoms with Crippen LogP contribution in [0.5, 0.6) is 5.75 Å². The molecule has 2 aromatic carbocycles. The number of carbonyl (C=O) groups excluding carboxylic acids is 1. The highest BCUT2D eigenvalue weighted by Crippen LogP contribution is 2.35. The Morgan fingerprint density at radius 3 is 2.71 bits per heavy atom. The lowest BCUT2D eigenvalue weighted by Crippen LogP contribution is -2.13. The van der Waals surface area contributed by atoms with E-state index in [-0.39, 0.29) is 22.0 Å². The molecule has 140 valence electrons. The maximum absolute atomic E-state index is 13.8. The molecule has 8 heteroatoms. The third kappa shape index (κ3) is 3.25. The van der Waals surface area contributed by atoms with Crippen LogP contribution in [0, 0.1) is 11.6 Å². The minimum atomic E-state index is -0.751. The molecule has 0 saturated heterocycles. The topological polar surface area (TPSA) is 88.2 Å². The second-order valence-electron chi connectivity index (χ2n) is 6.02. The Bertz CT molecular complexity index is 1220. The number of halogens is 2. The summed E-state index contributed by atoms with van der Waals surface area (Å²) in [5, 5.41) is 12.6. The number of rotatable bonds is 3. The summed E-state index contributed by atoms with van der Waals surface area (Å²) in [6, 6.07) is 12.9. The Labute approximate surface area is 162 Å². The molecule has 0 saturated carbocycles. The summed E-state index contributed by atoms with van der Waals surface area (Å²) in [5.41, 5.74) is 7.33. The van der Waals surface area contributed by atoms with E-state index in [4.69, 9.17) is 5.73 Å². The molecule has 5 nitrogen and oxygen atoms in total. The molecule has 4 rings (SSSR count). The van der Waals surface area contributed by atoms with E-state index in [0.717, 1.165) is 29.5 Å². The van der Waals surface area contributed by atoms with Crippen LogP contribution in [0.25, 0.3) is 21.5 Å². The van der Waals surface area contributed by atoms with Crippen LogP contribution in [0.15, 0.2) is 54.6 Å². The number of hydrogen-bond donors (Lipinski definition) is 3. The van der Waals surface area contributed by atoms with E-state index in [1.807, 2.05) is 0 Å². The largest absolute Gasteiger partial charge is 0.508 e. The maximum atomic E-state index is 13.8. The number of pyridine rings is 1. The highest BCUT2D eigenvalue weighted by atomic mass is 32.1. The molecule has 0 unspecified atom stereocenters. The van der Waals surface area contributed by atoms with Gasteiger partial charge in [0.1, 0.15) is 27.1 Å². The lowest BCUT2D eigenvalue weighted by atomic mass is 10.1. The van der Waals surface area contributed by atoms with Gasteiger partial charge in [-0.05, 0) is 36.4 Å². The van der Waals surface area contributed by atoms with Gasteiger partial charge in [0, 0.05) is 17.0 Å². The van der Waals surface area contributed by atoms with Crippen LogP contribution >= 0.6 is 11.3 Å². The second kappa shape index (κ2) is 6.90. The zero-order valence-electron chi connectivity index (χ0n) is 14.2. The number of fused-ring (bicyclic) bond motifs is 1. The quantitative estimate of drug-likeness (QED) is 0.464. The first kappa shape index (κ1) is 17.9. The number of aromatic nitrogens is 1. The van der Waals surface area contributed by atoms with Gasteiger partial charge < -0.3 is 16.2 Å². The van der Waals surface area contributed by atoms with Crippen LogP contribution in [-0.4, -0.2) is 16.0 Å². The average molecular weight is 397 g/mol. The number of thiophene rings is 1. The molecule has 0 spiro atoms. The number of nitrogens with two attached hydrogens (primary N) is 1. The lowest BCUT2D eigenvalue weighted by molar-refractivity contribution is 0.103. The van der Waals surface area contributed by atoms with E-state index in [9.17, 15) is 18.7 Å². The maximum Gasteiger partial charge on any atom is 0.268 e. The van der Waals surface area contributed by atoms with Crippen molar-refractivity contribution in [1.82, 2.24) is 4.98 Å². The molecule has 2 heterocycles. The van der Waals surface area contributed by atoms with Crippen molar-refractivity contribution >= 4 is 38.8 Å². The van der Waals surface area contributed by atoms with Gasteiger partial charge in [0.05, 0.1) is 17.1 Å². The van der Waals surface area contributed by atoms with Crippen molar-refractivity contribution in [2.75, 3.05) is 11.1 Å². The van der Waals surface area contributed by atoms with Gasteiger partial charge in [0.15, 0.2) is 0 Å². The first-order chi connectivity index (χ1) is 13.4. The average Bonchev–Trinajstić information content (AvgIpc) is 3.01. The first-order valence-electron chi connectivity index (χ1n) is 8.17. The highest BCUT2D eigenvalue weighted by Gasteiger charge is 2.19. The summed E-state index contributed by atoms with van der Waals surface area (Å²) in [4.78, 5) is 17.7. The number of aromatic hydroxyl groups is 1. The molecule has 4 N–H and O–H groups in total. The Morgan fingerprint density at radius 1 is 1.11 bits per heavy atom. The van der Waals surface area contributed by atoms with Crippen molar-refractivity contribution in [3.8, 4) is 17.0 Å². The number of phenols is 1. The number of amides is 1. The van der Waals surface area contributed by atoms with Crippen LogP contribution in [0.3, 0.4) is 0 Å². The zero-order valence-corrected chi connectivity index (χ0v) is 15.1. The van der Waals surface area contributed by atoms with E-state index in [1.165, 1.54) is 0 Å². The summed E-state index contributed by atoms with van der Waals surface area (Å²) in [7, 11) is 0. The number of nitrogens with one attached hydrogen (secondary N) is 1. The van der Waals surface area contributed by atoms with Crippen molar-refractivity contribution in [1.29, 1.82) is 0 Å². The molecular weight excluding hydrogens is 384 g/mol. The molecular formula is C20H13F2N3O2S. The summed E-state index contributed by atoms with van der Waals surface area (Å²) < 4.78 is 27.1. The second-order valence-corrected chi connectivity index (χ2v) is 7.02. The lowest BCUT2D eigenvalue weighted by Gasteiger charge is -2.05. The van der Waals surface area contributed by atoms with Crippen molar-refractivity contribution < 1.29 is 18.7 Å². The summed E-state index contributed by atoms with van der Waals surface area (Å²) >= 11 is 1.05. The zero-order chi connectivity index (χ0) is 19.8. The number of hydrogen-bond acceptors (Lipinski definition) is 5. The molecule has 0 aliphatic rings. The first-order valence-corrected chi connectivity index (χ1v) is 8.99. The number of anilines is 2. The fraction of sp³-hybridized carbons (Fsp3) is 0. The molecule has 0 fully saturated rings. The van der Waals surface area contributed by atoms with Crippen LogP contribution < -0.4 is 11.1 Å². The number of carbonyl (C=O) groups is 1. The normalized spacial score (nSPS) is 10.9.